The zero-order valence-electron chi connectivity index (χ0n) is 11.3. The van der Waals surface area contributed by atoms with Gasteiger partial charge in [-0.05, 0) is 17.7 Å². The highest BCUT2D eigenvalue weighted by Crippen LogP contribution is 2.35. The number of hydrogen-bond acceptors (Lipinski definition) is 3. The number of fused-ring (bicyclic) bond motifs is 5. The Morgan fingerprint density at radius 1 is 1.43 bits per heavy atom. The average molecular weight is 280 g/mol. The third kappa shape index (κ3) is 1.69. The standard InChI is InChI=1S/C15H12N4O2/c1-8(20)17-10-2-3-11-9(6-10)7-12-13(11)18-15(21)14-16-4-5-19(12)14/h2-6H,7H2,1H3,(H,17,20)(H,18,21). The highest BCUT2D eigenvalue weighted by Gasteiger charge is 2.23. The van der Waals surface area contributed by atoms with Crippen LogP contribution in [0.1, 0.15) is 18.2 Å². The van der Waals surface area contributed by atoms with Crippen LogP contribution in [-0.2, 0) is 11.2 Å². The summed E-state index contributed by atoms with van der Waals surface area (Å²) in [5.41, 5.74) is 4.88. The first kappa shape index (κ1) is 11.9. The first-order chi connectivity index (χ1) is 10.1. The van der Waals surface area contributed by atoms with Gasteiger partial charge in [-0.15, -0.1) is 0 Å². The van der Waals surface area contributed by atoms with Crippen LogP contribution in [0.15, 0.2) is 35.4 Å². The number of hydrogen-bond donors (Lipinski definition) is 2. The highest BCUT2D eigenvalue weighted by molar-refractivity contribution is 5.89. The first-order valence-corrected chi connectivity index (χ1v) is 6.62. The lowest BCUT2D eigenvalue weighted by Crippen LogP contribution is -2.13. The maximum Gasteiger partial charge on any atom is 0.292 e. The zero-order valence-corrected chi connectivity index (χ0v) is 11.3. The molecule has 6 nitrogen and oxygen atoms in total. The van der Waals surface area contributed by atoms with Crippen molar-refractivity contribution in [1.29, 1.82) is 0 Å². The molecule has 2 heterocycles. The van der Waals surface area contributed by atoms with Gasteiger partial charge in [-0.2, -0.15) is 0 Å². The molecule has 0 unspecified atom stereocenters. The second kappa shape index (κ2) is 4.05. The van der Waals surface area contributed by atoms with E-state index in [1.54, 1.807) is 12.4 Å². The zero-order chi connectivity index (χ0) is 14.6. The molecule has 0 spiro atoms. The van der Waals surface area contributed by atoms with Gasteiger partial charge in [0, 0.05) is 37.0 Å². The molecule has 104 valence electrons. The molecule has 4 rings (SSSR count). The summed E-state index contributed by atoms with van der Waals surface area (Å²) in [6.07, 6.45) is 4.11. The summed E-state index contributed by atoms with van der Waals surface area (Å²) in [6, 6.07) is 5.70. The largest absolute Gasteiger partial charge is 0.326 e. The van der Waals surface area contributed by atoms with Crippen LogP contribution in [0.2, 0.25) is 0 Å². The van der Waals surface area contributed by atoms with Crippen LogP contribution >= 0.6 is 0 Å². The molecule has 1 amide bonds. The van der Waals surface area contributed by atoms with Crippen LogP contribution in [0, 0.1) is 0 Å². The van der Waals surface area contributed by atoms with Crippen molar-refractivity contribution in [3.8, 4) is 11.3 Å². The first-order valence-electron chi connectivity index (χ1n) is 6.62. The second-order valence-corrected chi connectivity index (χ2v) is 5.13. The van der Waals surface area contributed by atoms with Crippen molar-refractivity contribution in [3.63, 3.8) is 0 Å². The van der Waals surface area contributed by atoms with Gasteiger partial charge in [-0.1, -0.05) is 6.07 Å². The van der Waals surface area contributed by atoms with E-state index < -0.39 is 0 Å². The summed E-state index contributed by atoms with van der Waals surface area (Å²) < 4.78 is 1.83. The van der Waals surface area contributed by atoms with Gasteiger partial charge in [-0.25, -0.2) is 4.98 Å². The number of anilines is 1. The van der Waals surface area contributed by atoms with Gasteiger partial charge >= 0.3 is 0 Å². The van der Waals surface area contributed by atoms with Gasteiger partial charge in [0.15, 0.2) is 0 Å². The Balaban J connectivity index is 1.91. The Bertz CT molecular complexity index is 952. The molecule has 1 aliphatic rings. The molecule has 0 saturated carbocycles. The third-order valence-electron chi connectivity index (χ3n) is 3.71. The Morgan fingerprint density at radius 2 is 2.29 bits per heavy atom. The minimum atomic E-state index is -0.197. The fourth-order valence-corrected chi connectivity index (χ4v) is 2.89. The molecule has 0 aliphatic heterocycles. The van der Waals surface area contributed by atoms with Gasteiger partial charge in [-0.3, -0.25) is 14.0 Å². The van der Waals surface area contributed by atoms with Crippen LogP contribution < -0.4 is 10.9 Å². The SMILES string of the molecule is CC(=O)Nc1ccc2c(c1)Cc1c-2[nH]c(=O)c2nccn12. The number of carbonyl (C=O) groups is 1. The maximum atomic E-state index is 12.0. The van der Waals surface area contributed by atoms with E-state index in [2.05, 4.69) is 15.3 Å². The minimum Gasteiger partial charge on any atom is -0.326 e. The molecule has 3 aromatic rings. The van der Waals surface area contributed by atoms with Crippen molar-refractivity contribution in [2.75, 3.05) is 5.32 Å². The van der Waals surface area contributed by atoms with Crippen molar-refractivity contribution in [3.05, 3.63) is 52.2 Å². The fraction of sp³-hybridized carbons (Fsp3) is 0.133. The van der Waals surface area contributed by atoms with Crippen molar-refractivity contribution in [1.82, 2.24) is 14.4 Å². The number of nitrogens with zero attached hydrogens (tertiary/aromatic N) is 2. The van der Waals surface area contributed by atoms with Crippen LogP contribution in [-0.4, -0.2) is 20.3 Å². The van der Waals surface area contributed by atoms with E-state index in [4.69, 9.17) is 0 Å². The number of aromatic nitrogens is 3. The van der Waals surface area contributed by atoms with Crippen molar-refractivity contribution >= 4 is 17.2 Å². The lowest BCUT2D eigenvalue weighted by molar-refractivity contribution is -0.114. The number of rotatable bonds is 1. The summed E-state index contributed by atoms with van der Waals surface area (Å²) >= 11 is 0. The molecule has 2 N–H and O–H groups in total. The molecule has 21 heavy (non-hydrogen) atoms. The summed E-state index contributed by atoms with van der Waals surface area (Å²) in [7, 11) is 0. The Kier molecular flexibility index (Phi) is 2.29. The molecule has 0 radical (unpaired) electrons. The average Bonchev–Trinajstić information content (AvgIpc) is 3.02. The smallest absolute Gasteiger partial charge is 0.292 e. The Labute approximate surface area is 119 Å². The van der Waals surface area contributed by atoms with E-state index in [0.717, 1.165) is 28.2 Å². The van der Waals surface area contributed by atoms with E-state index in [1.165, 1.54) is 6.92 Å². The third-order valence-corrected chi connectivity index (χ3v) is 3.71. The number of H-pyrrole nitrogens is 1. The molecule has 0 bridgehead atoms. The monoisotopic (exact) mass is 280 g/mol. The second-order valence-electron chi connectivity index (χ2n) is 5.13. The number of amides is 1. The topological polar surface area (TPSA) is 79.3 Å². The number of imidazole rings is 1. The Hall–Kier alpha value is -2.89. The van der Waals surface area contributed by atoms with Gasteiger partial charge in [0.1, 0.15) is 0 Å². The minimum absolute atomic E-state index is 0.101. The van der Waals surface area contributed by atoms with E-state index in [-0.39, 0.29) is 11.5 Å². The molecule has 0 saturated heterocycles. The quantitative estimate of drug-likeness (QED) is 0.555. The maximum absolute atomic E-state index is 12.0. The lowest BCUT2D eigenvalue weighted by atomic mass is 10.1. The molecule has 2 aromatic heterocycles. The molecule has 1 aromatic carbocycles. The van der Waals surface area contributed by atoms with Gasteiger partial charge in [0.2, 0.25) is 11.6 Å². The van der Waals surface area contributed by atoms with Crippen molar-refractivity contribution in [2.45, 2.75) is 13.3 Å². The molecular weight excluding hydrogens is 268 g/mol. The van der Waals surface area contributed by atoms with E-state index >= 15 is 0 Å². The predicted molar refractivity (Wildman–Crippen MR) is 78.4 cm³/mol. The summed E-state index contributed by atoms with van der Waals surface area (Å²) in [4.78, 5) is 30.2. The van der Waals surface area contributed by atoms with E-state index in [9.17, 15) is 9.59 Å². The number of carbonyl (C=O) groups excluding carboxylic acids is 1. The number of nitrogens with one attached hydrogen (secondary N) is 2. The van der Waals surface area contributed by atoms with E-state index in [0.29, 0.717) is 12.1 Å². The molecule has 0 fully saturated rings. The Morgan fingerprint density at radius 3 is 3.10 bits per heavy atom. The van der Waals surface area contributed by atoms with Crippen LogP contribution in [0.5, 0.6) is 0 Å². The van der Waals surface area contributed by atoms with Gasteiger partial charge in [0.05, 0.1) is 11.4 Å². The lowest BCUT2D eigenvalue weighted by Gasteiger charge is -2.05. The van der Waals surface area contributed by atoms with E-state index in [1.807, 2.05) is 22.6 Å². The summed E-state index contributed by atoms with van der Waals surface area (Å²) in [5, 5.41) is 2.77. The number of benzene rings is 1. The predicted octanol–water partition coefficient (Wildman–Crippen LogP) is 1.55. The van der Waals surface area contributed by atoms with Crippen LogP contribution in [0.4, 0.5) is 5.69 Å². The molecular formula is C15H12N4O2. The number of aromatic amines is 1. The highest BCUT2D eigenvalue weighted by atomic mass is 16.1. The van der Waals surface area contributed by atoms with Crippen molar-refractivity contribution < 1.29 is 4.79 Å². The van der Waals surface area contributed by atoms with Gasteiger partial charge < -0.3 is 10.3 Å². The van der Waals surface area contributed by atoms with Crippen LogP contribution in [0.25, 0.3) is 16.9 Å². The molecule has 6 heteroatoms. The molecule has 1 aliphatic carbocycles. The summed E-state index contributed by atoms with van der Waals surface area (Å²) in [6.45, 7) is 1.48. The molecule has 0 atom stereocenters. The normalized spacial score (nSPS) is 12.2. The van der Waals surface area contributed by atoms with Crippen molar-refractivity contribution in [2.24, 2.45) is 0 Å². The fourth-order valence-electron chi connectivity index (χ4n) is 2.89. The van der Waals surface area contributed by atoms with Gasteiger partial charge in [0.25, 0.3) is 5.56 Å². The summed E-state index contributed by atoms with van der Waals surface area (Å²) in [5.74, 6) is -0.101. The van der Waals surface area contributed by atoms with Crippen LogP contribution in [0.3, 0.4) is 0 Å².